The average molecular weight is 302 g/mol. The normalized spacial score (nSPS) is 10.3. The van der Waals surface area contributed by atoms with Crippen molar-refractivity contribution < 1.29 is 0 Å². The molecule has 4 nitrogen and oxygen atoms in total. The van der Waals surface area contributed by atoms with Crippen molar-refractivity contribution in [3.8, 4) is 0 Å². The molecule has 0 aliphatic heterocycles. The van der Waals surface area contributed by atoms with Crippen molar-refractivity contribution >= 4 is 24.5 Å². The number of benzene rings is 1. The first-order valence-corrected chi connectivity index (χ1v) is 7.16. The Morgan fingerprint density at radius 3 is 2.79 bits per heavy atom. The predicted octanol–water partition coefficient (Wildman–Crippen LogP) is 0.190. The number of hydrogen-bond acceptors (Lipinski definition) is 3. The van der Waals surface area contributed by atoms with Crippen LogP contribution in [0.3, 0.4) is 0 Å². The molecule has 14 heavy (non-hydrogen) atoms. The second-order valence-corrected chi connectivity index (χ2v) is 6.07. The van der Waals surface area contributed by atoms with Crippen molar-refractivity contribution in [2.75, 3.05) is 0 Å². The zero-order valence-corrected chi connectivity index (χ0v) is 9.88. The van der Waals surface area contributed by atoms with Gasteiger partial charge in [-0.3, -0.25) is 0 Å². The summed E-state index contributed by atoms with van der Waals surface area (Å²) < 4.78 is 2.68. The van der Waals surface area contributed by atoms with Crippen LogP contribution in [-0.4, -0.2) is 41.5 Å². The van der Waals surface area contributed by atoms with Gasteiger partial charge in [0.1, 0.15) is 0 Å². The molecular weight excluding hydrogens is 292 g/mol. The monoisotopic (exact) mass is 304 g/mol. The van der Waals surface area contributed by atoms with Gasteiger partial charge >= 0.3 is 92.2 Å². The molecule has 0 aliphatic rings. The molecule has 1 aromatic carbocycles. The Morgan fingerprint density at radius 1 is 1.21 bits per heavy atom. The van der Waals surface area contributed by atoms with E-state index in [4.69, 9.17) is 0 Å². The fraction of sp³-hybridized carbons (Fsp3) is 0.222. The molecule has 1 aromatic heterocycles. The third-order valence-corrected chi connectivity index (χ3v) is 4.62. The van der Waals surface area contributed by atoms with Gasteiger partial charge < -0.3 is 0 Å². The van der Waals surface area contributed by atoms with Gasteiger partial charge in [0.25, 0.3) is 0 Å². The summed E-state index contributed by atoms with van der Waals surface area (Å²) in [6, 6.07) is 10.6. The third kappa shape index (κ3) is 2.79. The molecule has 0 bridgehead atoms. The van der Waals surface area contributed by atoms with E-state index in [2.05, 4.69) is 51.0 Å². The van der Waals surface area contributed by atoms with E-state index in [1.165, 1.54) is 8.08 Å². The van der Waals surface area contributed by atoms with Gasteiger partial charge in [0, 0.05) is 0 Å². The Morgan fingerprint density at radius 2 is 2.07 bits per heavy atom. The summed E-state index contributed by atoms with van der Waals surface area (Å²) in [5.74, 6) is 0.825. The fourth-order valence-electron chi connectivity index (χ4n) is 1.07. The predicted molar refractivity (Wildman–Crippen MR) is 54.5 cm³/mol. The topological polar surface area (TPSA) is 54.5 Å². The van der Waals surface area contributed by atoms with Gasteiger partial charge in [-0.05, 0) is 0 Å². The van der Waals surface area contributed by atoms with Crippen molar-refractivity contribution in [2.45, 2.75) is 10.9 Å². The van der Waals surface area contributed by atoms with Crippen molar-refractivity contribution in [1.82, 2.24) is 20.6 Å². The first-order chi connectivity index (χ1) is 6.95. The van der Waals surface area contributed by atoms with Gasteiger partial charge in [0.2, 0.25) is 0 Å². The Kier molecular flexibility index (Phi) is 3.50. The van der Waals surface area contributed by atoms with Crippen molar-refractivity contribution in [3.05, 3.63) is 36.2 Å². The van der Waals surface area contributed by atoms with Gasteiger partial charge in [0.15, 0.2) is 0 Å². The molecule has 0 fully saturated rings. The van der Waals surface area contributed by atoms with E-state index in [1.54, 1.807) is 0 Å². The van der Waals surface area contributed by atoms with Crippen molar-refractivity contribution in [1.29, 1.82) is 0 Å². The van der Waals surface area contributed by atoms with Crippen LogP contribution in [-0.2, 0) is 6.42 Å². The van der Waals surface area contributed by atoms with E-state index in [1.807, 2.05) is 0 Å². The number of aryl methyl sites for hydroxylation is 1. The van der Waals surface area contributed by atoms with E-state index in [0.29, 0.717) is 0 Å². The maximum absolute atomic E-state index is 3.92. The molecule has 5 heteroatoms. The molecule has 2 rings (SSSR count). The number of hydrogen-bond donors (Lipinski definition) is 1. The number of aromatic nitrogens is 4. The minimum atomic E-state index is -0.0773. The SMILES string of the molecule is c1ccc([Te]CCc2nn[nH]n2)cc1. The van der Waals surface area contributed by atoms with Crippen LogP contribution < -0.4 is 3.61 Å². The van der Waals surface area contributed by atoms with Crippen LogP contribution in [0, 0.1) is 0 Å². The van der Waals surface area contributed by atoms with Gasteiger partial charge in [-0.15, -0.1) is 0 Å². The molecule has 0 spiro atoms. The number of tetrazole rings is 1. The van der Waals surface area contributed by atoms with Gasteiger partial charge in [-0.1, -0.05) is 0 Å². The number of nitrogens with zero attached hydrogens (tertiary/aromatic N) is 3. The molecule has 0 saturated carbocycles. The fourth-order valence-corrected chi connectivity index (χ4v) is 3.55. The summed E-state index contributed by atoms with van der Waals surface area (Å²) in [6.45, 7) is 0. The molecule has 1 N–H and O–H groups in total. The quantitative estimate of drug-likeness (QED) is 0.820. The summed E-state index contributed by atoms with van der Waals surface area (Å²) in [5, 5.41) is 13.8. The van der Waals surface area contributed by atoms with Gasteiger partial charge in [-0.2, -0.15) is 0 Å². The standard InChI is InChI=1S/C9H10N4Te/c1-2-4-8(5-3-1)14-7-6-9-10-12-13-11-9/h1-5H,6-7H2,(H,10,11,12,13). The van der Waals surface area contributed by atoms with Crippen LogP contribution in [0.5, 0.6) is 0 Å². The Labute approximate surface area is 92.2 Å². The van der Waals surface area contributed by atoms with Crippen molar-refractivity contribution in [2.24, 2.45) is 0 Å². The van der Waals surface area contributed by atoms with E-state index in [-0.39, 0.29) is 20.9 Å². The summed E-state index contributed by atoms with van der Waals surface area (Å²) >= 11 is -0.0773. The summed E-state index contributed by atoms with van der Waals surface area (Å²) in [5.41, 5.74) is 0. The summed E-state index contributed by atoms with van der Waals surface area (Å²) in [4.78, 5) is 0. The number of aromatic amines is 1. The molecule has 1 heterocycles. The molecule has 72 valence electrons. The Balaban J connectivity index is 1.79. The molecule has 0 atom stereocenters. The minimum absolute atomic E-state index is 0.0773. The number of H-pyrrole nitrogens is 1. The third-order valence-electron chi connectivity index (χ3n) is 1.73. The van der Waals surface area contributed by atoms with Crippen LogP contribution in [0.25, 0.3) is 0 Å². The number of nitrogens with one attached hydrogen (secondary N) is 1. The summed E-state index contributed by atoms with van der Waals surface area (Å²) in [6.07, 6.45) is 0.938. The van der Waals surface area contributed by atoms with Crippen LogP contribution in [0.4, 0.5) is 0 Å². The van der Waals surface area contributed by atoms with Crippen LogP contribution >= 0.6 is 0 Å². The summed E-state index contributed by atoms with van der Waals surface area (Å²) in [7, 11) is 0. The van der Waals surface area contributed by atoms with Crippen molar-refractivity contribution in [3.63, 3.8) is 0 Å². The first-order valence-electron chi connectivity index (χ1n) is 4.35. The average Bonchev–Trinajstić information content (AvgIpc) is 2.72. The van der Waals surface area contributed by atoms with Gasteiger partial charge in [-0.25, -0.2) is 0 Å². The zero-order chi connectivity index (χ0) is 9.64. The van der Waals surface area contributed by atoms with Crippen LogP contribution in [0.15, 0.2) is 30.3 Å². The second kappa shape index (κ2) is 5.08. The van der Waals surface area contributed by atoms with E-state index in [0.717, 1.165) is 12.2 Å². The molecule has 0 aliphatic carbocycles. The molecule has 2 aromatic rings. The van der Waals surface area contributed by atoms with Crippen LogP contribution in [0.2, 0.25) is 4.47 Å². The first kappa shape index (κ1) is 9.63. The Bertz CT molecular complexity index is 360. The zero-order valence-electron chi connectivity index (χ0n) is 7.55. The molecule has 0 radical (unpaired) electrons. The van der Waals surface area contributed by atoms with Crippen LogP contribution in [0.1, 0.15) is 5.82 Å². The Hall–Kier alpha value is -0.920. The van der Waals surface area contributed by atoms with E-state index in [9.17, 15) is 0 Å². The molecule has 0 saturated heterocycles. The molecule has 0 amide bonds. The van der Waals surface area contributed by atoms with E-state index < -0.39 is 0 Å². The molecule has 0 unspecified atom stereocenters. The maximum atomic E-state index is 3.92. The van der Waals surface area contributed by atoms with E-state index >= 15 is 0 Å². The molecular formula is C9H10N4Te. The number of rotatable bonds is 4. The second-order valence-electron chi connectivity index (χ2n) is 2.74. The van der Waals surface area contributed by atoms with Gasteiger partial charge in [0.05, 0.1) is 0 Å².